The number of rotatable bonds is 4. The van der Waals surface area contributed by atoms with E-state index in [4.69, 9.17) is 0 Å². The predicted molar refractivity (Wildman–Crippen MR) is 56.7 cm³/mol. The van der Waals surface area contributed by atoms with Crippen LogP contribution in [0.15, 0.2) is 18.5 Å². The third-order valence-corrected chi connectivity index (χ3v) is 2.21. The molecule has 0 aliphatic rings. The van der Waals surface area contributed by atoms with Gasteiger partial charge in [0.2, 0.25) is 0 Å². The van der Waals surface area contributed by atoms with Crippen LogP contribution in [0, 0.1) is 0 Å². The lowest BCUT2D eigenvalue weighted by Gasteiger charge is -2.12. The average molecular weight is 246 g/mol. The summed E-state index contributed by atoms with van der Waals surface area (Å²) < 4.78 is 37.9. The molecule has 0 atom stereocenters. The van der Waals surface area contributed by atoms with Crippen LogP contribution in [-0.4, -0.2) is 36.3 Å². The highest BCUT2D eigenvalue weighted by atomic mass is 19.4. The zero-order chi connectivity index (χ0) is 13.1. The maximum Gasteiger partial charge on any atom is 0.417 e. The van der Waals surface area contributed by atoms with Crippen molar-refractivity contribution in [3.8, 4) is 0 Å². The number of hydrogen-bond donors (Lipinski definition) is 0. The molecule has 0 unspecified atom stereocenters. The van der Waals surface area contributed by atoms with Crippen LogP contribution in [0.1, 0.15) is 22.3 Å². The first-order valence-corrected chi connectivity index (χ1v) is 5.01. The Balaban J connectivity index is 2.94. The molecule has 0 radical (unpaired) electrons. The Bertz CT molecular complexity index is 402. The highest BCUT2D eigenvalue weighted by Crippen LogP contribution is 2.31. The van der Waals surface area contributed by atoms with E-state index >= 15 is 0 Å². The van der Waals surface area contributed by atoms with Crippen LogP contribution in [0.25, 0.3) is 0 Å². The maximum absolute atomic E-state index is 12.6. The van der Waals surface area contributed by atoms with Crippen LogP contribution in [0.4, 0.5) is 13.2 Å². The first-order chi connectivity index (χ1) is 7.82. The van der Waals surface area contributed by atoms with Crippen molar-refractivity contribution >= 4 is 5.78 Å². The molecular weight excluding hydrogens is 233 g/mol. The van der Waals surface area contributed by atoms with Crippen LogP contribution in [0.5, 0.6) is 0 Å². The van der Waals surface area contributed by atoms with Gasteiger partial charge < -0.3 is 4.90 Å². The number of hydrogen-bond acceptors (Lipinski definition) is 3. The second-order valence-corrected chi connectivity index (χ2v) is 3.90. The second kappa shape index (κ2) is 5.27. The molecule has 1 aromatic rings. The summed E-state index contributed by atoms with van der Waals surface area (Å²) in [4.78, 5) is 17.0. The molecule has 6 heteroatoms. The van der Waals surface area contributed by atoms with E-state index in [-0.39, 0.29) is 12.0 Å². The number of aromatic nitrogens is 1. The van der Waals surface area contributed by atoms with Gasteiger partial charge in [0, 0.05) is 30.9 Å². The fourth-order valence-electron chi connectivity index (χ4n) is 1.32. The minimum Gasteiger partial charge on any atom is -0.309 e. The number of ketones is 1. The molecule has 0 spiro atoms. The topological polar surface area (TPSA) is 33.2 Å². The fourth-order valence-corrected chi connectivity index (χ4v) is 1.32. The second-order valence-electron chi connectivity index (χ2n) is 3.90. The predicted octanol–water partition coefficient (Wildman–Crippen LogP) is 2.23. The molecule has 0 aliphatic carbocycles. The van der Waals surface area contributed by atoms with Crippen LogP contribution >= 0.6 is 0 Å². The van der Waals surface area contributed by atoms with Gasteiger partial charge in [0.05, 0.1) is 5.56 Å². The summed E-state index contributed by atoms with van der Waals surface area (Å²) in [5.41, 5.74) is -1.28. The van der Waals surface area contributed by atoms with E-state index in [1.54, 1.807) is 19.0 Å². The van der Waals surface area contributed by atoms with Gasteiger partial charge in [-0.05, 0) is 20.2 Å². The zero-order valence-corrected chi connectivity index (χ0v) is 9.58. The van der Waals surface area contributed by atoms with Crippen LogP contribution in [-0.2, 0) is 6.18 Å². The Labute approximate surface area is 97.3 Å². The number of pyridine rings is 1. The number of halogens is 3. The van der Waals surface area contributed by atoms with Gasteiger partial charge in [0.15, 0.2) is 5.78 Å². The van der Waals surface area contributed by atoms with Gasteiger partial charge in [0.1, 0.15) is 0 Å². The van der Waals surface area contributed by atoms with Crippen molar-refractivity contribution in [3.63, 3.8) is 0 Å². The minimum absolute atomic E-state index is 0.0434. The Morgan fingerprint density at radius 1 is 1.41 bits per heavy atom. The number of alkyl halides is 3. The molecule has 0 bridgehead atoms. The van der Waals surface area contributed by atoms with Crippen LogP contribution in [0.3, 0.4) is 0 Å². The molecule has 3 nitrogen and oxygen atoms in total. The Morgan fingerprint density at radius 3 is 2.59 bits per heavy atom. The molecule has 17 heavy (non-hydrogen) atoms. The Hall–Kier alpha value is -1.43. The number of carbonyl (C=O) groups excluding carboxylic acids is 1. The molecule has 0 N–H and O–H groups in total. The van der Waals surface area contributed by atoms with E-state index in [9.17, 15) is 18.0 Å². The molecule has 0 amide bonds. The maximum atomic E-state index is 12.6. The summed E-state index contributed by atoms with van der Waals surface area (Å²) in [6, 6.07) is 0.822. The van der Waals surface area contributed by atoms with Crippen molar-refractivity contribution in [1.29, 1.82) is 0 Å². The van der Waals surface area contributed by atoms with Gasteiger partial charge in [0.25, 0.3) is 0 Å². The van der Waals surface area contributed by atoms with Gasteiger partial charge in [-0.3, -0.25) is 9.78 Å². The highest BCUT2D eigenvalue weighted by molar-refractivity contribution is 5.97. The van der Waals surface area contributed by atoms with Crippen molar-refractivity contribution in [2.75, 3.05) is 20.6 Å². The molecule has 1 aromatic heterocycles. The standard InChI is InChI=1S/C11H13F3N2O/c1-16(2)6-4-10(17)8-7-15-5-3-9(8)11(12,13)14/h3,5,7H,4,6H2,1-2H3. The zero-order valence-electron chi connectivity index (χ0n) is 9.58. The van der Waals surface area contributed by atoms with Gasteiger partial charge in [-0.1, -0.05) is 0 Å². The Morgan fingerprint density at radius 2 is 2.06 bits per heavy atom. The molecule has 1 rings (SSSR count). The smallest absolute Gasteiger partial charge is 0.309 e. The summed E-state index contributed by atoms with van der Waals surface area (Å²) >= 11 is 0. The Kier molecular flexibility index (Phi) is 4.22. The van der Waals surface area contributed by atoms with Crippen molar-refractivity contribution in [2.45, 2.75) is 12.6 Å². The van der Waals surface area contributed by atoms with Crippen molar-refractivity contribution in [3.05, 3.63) is 29.6 Å². The lowest BCUT2D eigenvalue weighted by atomic mass is 10.0. The van der Waals surface area contributed by atoms with Crippen LogP contribution in [0.2, 0.25) is 0 Å². The minimum atomic E-state index is -4.52. The van der Waals surface area contributed by atoms with Gasteiger partial charge in [-0.15, -0.1) is 0 Å². The lowest BCUT2D eigenvalue weighted by Crippen LogP contribution is -2.19. The van der Waals surface area contributed by atoms with Gasteiger partial charge >= 0.3 is 6.18 Å². The molecule has 0 fully saturated rings. The lowest BCUT2D eigenvalue weighted by molar-refractivity contribution is -0.138. The summed E-state index contributed by atoms with van der Waals surface area (Å²) in [6.07, 6.45) is -2.47. The summed E-state index contributed by atoms with van der Waals surface area (Å²) in [5, 5.41) is 0. The summed E-state index contributed by atoms with van der Waals surface area (Å²) in [5.74, 6) is -0.542. The molecule has 0 saturated carbocycles. The van der Waals surface area contributed by atoms with E-state index in [0.29, 0.717) is 6.54 Å². The van der Waals surface area contributed by atoms with Crippen molar-refractivity contribution < 1.29 is 18.0 Å². The van der Waals surface area contributed by atoms with Crippen LogP contribution < -0.4 is 0 Å². The monoisotopic (exact) mass is 246 g/mol. The first kappa shape index (κ1) is 13.6. The summed E-state index contributed by atoms with van der Waals surface area (Å²) in [7, 11) is 3.50. The van der Waals surface area contributed by atoms with E-state index < -0.39 is 17.5 Å². The molecule has 0 aliphatic heterocycles. The van der Waals surface area contributed by atoms with Crippen molar-refractivity contribution in [1.82, 2.24) is 9.88 Å². The molecular formula is C11H13F3N2O. The van der Waals surface area contributed by atoms with E-state index in [1.165, 1.54) is 0 Å². The molecule has 1 heterocycles. The van der Waals surface area contributed by atoms with Gasteiger partial charge in [-0.2, -0.15) is 13.2 Å². The normalized spacial score (nSPS) is 11.9. The quantitative estimate of drug-likeness (QED) is 0.764. The number of carbonyl (C=O) groups is 1. The van der Waals surface area contributed by atoms with E-state index in [0.717, 1.165) is 18.5 Å². The number of Topliss-reactive ketones (excluding diaryl/α,β-unsaturated/α-hetero) is 1. The largest absolute Gasteiger partial charge is 0.417 e. The molecule has 0 aromatic carbocycles. The van der Waals surface area contributed by atoms with E-state index in [2.05, 4.69) is 4.98 Å². The fraction of sp³-hybridized carbons (Fsp3) is 0.455. The number of nitrogens with zero attached hydrogens (tertiary/aromatic N) is 2. The first-order valence-electron chi connectivity index (χ1n) is 5.01. The summed E-state index contributed by atoms with van der Waals surface area (Å²) in [6.45, 7) is 0.408. The van der Waals surface area contributed by atoms with E-state index in [1.807, 2.05) is 0 Å². The van der Waals surface area contributed by atoms with Crippen molar-refractivity contribution in [2.24, 2.45) is 0 Å². The third kappa shape index (κ3) is 3.81. The molecule has 0 saturated heterocycles. The SMILES string of the molecule is CN(C)CCC(=O)c1cnccc1C(F)(F)F. The van der Waals surface area contributed by atoms with Gasteiger partial charge in [-0.25, -0.2) is 0 Å². The average Bonchev–Trinajstić information content (AvgIpc) is 2.24. The highest BCUT2D eigenvalue weighted by Gasteiger charge is 2.34. The third-order valence-electron chi connectivity index (χ3n) is 2.21. The molecule has 94 valence electrons.